The number of hydrogen-bond acceptors (Lipinski definition) is 5. The number of ether oxygens (including phenoxy) is 1. The fourth-order valence-corrected chi connectivity index (χ4v) is 4.93. The number of esters is 1. The van der Waals surface area contributed by atoms with Crippen LogP contribution in [0.1, 0.15) is 29.8 Å². The highest BCUT2D eigenvalue weighted by molar-refractivity contribution is 7.13. The maximum Gasteiger partial charge on any atom is 0.357 e. The van der Waals surface area contributed by atoms with Gasteiger partial charge in [-0.05, 0) is 42.9 Å². The Morgan fingerprint density at radius 1 is 1.44 bits per heavy atom. The molecule has 3 fully saturated rings. The van der Waals surface area contributed by atoms with Crippen LogP contribution in [-0.4, -0.2) is 24.1 Å². The van der Waals surface area contributed by atoms with E-state index in [0.717, 1.165) is 28.8 Å². The van der Waals surface area contributed by atoms with Crippen LogP contribution in [0.5, 0.6) is 0 Å². The number of carbonyl (C=O) groups excluding carboxylic acids is 1. The molecule has 4 rings (SSSR count). The van der Waals surface area contributed by atoms with E-state index in [1.807, 2.05) is 0 Å². The smallest absolute Gasteiger partial charge is 0.357 e. The number of thiazole rings is 1. The second-order valence-electron chi connectivity index (χ2n) is 5.69. The van der Waals surface area contributed by atoms with E-state index in [9.17, 15) is 4.79 Å². The zero-order valence-electron chi connectivity index (χ0n) is 10.3. The van der Waals surface area contributed by atoms with Gasteiger partial charge in [-0.1, -0.05) is 0 Å². The monoisotopic (exact) mass is 264 g/mol. The largest absolute Gasteiger partial charge is 0.464 e. The summed E-state index contributed by atoms with van der Waals surface area (Å²) in [6.45, 7) is 0. The Hall–Kier alpha value is -1.10. The SMILES string of the molecule is COC(=O)c1csc(NC2C3C4CCC(C4)C23)n1. The zero-order chi connectivity index (χ0) is 12.3. The van der Waals surface area contributed by atoms with Crippen molar-refractivity contribution in [2.24, 2.45) is 23.7 Å². The third-order valence-corrected chi connectivity index (χ3v) is 5.70. The Bertz CT molecular complexity index is 485. The van der Waals surface area contributed by atoms with Gasteiger partial charge in [0.15, 0.2) is 10.8 Å². The van der Waals surface area contributed by atoms with Gasteiger partial charge in [0.05, 0.1) is 7.11 Å². The molecular formula is C13H16N2O2S. The summed E-state index contributed by atoms with van der Waals surface area (Å²) < 4.78 is 4.67. The first-order valence-corrected chi connectivity index (χ1v) is 7.46. The number of carbonyl (C=O) groups is 1. The maximum atomic E-state index is 11.3. The van der Waals surface area contributed by atoms with Crippen molar-refractivity contribution in [3.63, 3.8) is 0 Å². The van der Waals surface area contributed by atoms with Gasteiger partial charge in [0.1, 0.15) is 0 Å². The Labute approximate surface area is 110 Å². The van der Waals surface area contributed by atoms with Crippen LogP contribution >= 0.6 is 11.3 Å². The molecule has 3 saturated carbocycles. The van der Waals surface area contributed by atoms with Crippen LogP contribution in [0.2, 0.25) is 0 Å². The summed E-state index contributed by atoms with van der Waals surface area (Å²) >= 11 is 1.50. The second kappa shape index (κ2) is 3.70. The molecule has 4 atom stereocenters. The van der Waals surface area contributed by atoms with Crippen LogP contribution in [0.4, 0.5) is 5.13 Å². The normalized spacial score (nSPS) is 39.5. The Balaban J connectivity index is 1.44. The van der Waals surface area contributed by atoms with Gasteiger partial charge in [0.2, 0.25) is 0 Å². The molecule has 18 heavy (non-hydrogen) atoms. The van der Waals surface area contributed by atoms with Crippen LogP contribution in [0.25, 0.3) is 0 Å². The van der Waals surface area contributed by atoms with Crippen molar-refractivity contribution in [3.05, 3.63) is 11.1 Å². The van der Waals surface area contributed by atoms with Gasteiger partial charge < -0.3 is 10.1 Å². The molecule has 4 nitrogen and oxygen atoms in total. The minimum absolute atomic E-state index is 0.352. The van der Waals surface area contributed by atoms with E-state index >= 15 is 0 Å². The summed E-state index contributed by atoms with van der Waals surface area (Å²) in [5, 5.41) is 6.15. The summed E-state index contributed by atoms with van der Waals surface area (Å²) in [4.78, 5) is 15.6. The predicted octanol–water partition coefficient (Wildman–Crippen LogP) is 2.39. The fraction of sp³-hybridized carbons (Fsp3) is 0.692. The molecule has 0 amide bonds. The molecule has 3 aliphatic rings. The molecule has 0 spiro atoms. The lowest BCUT2D eigenvalue weighted by molar-refractivity contribution is 0.0595. The molecule has 1 aromatic rings. The van der Waals surface area contributed by atoms with E-state index in [2.05, 4.69) is 15.0 Å². The third-order valence-electron chi connectivity index (χ3n) is 4.92. The number of fused-ring (bicyclic) bond motifs is 5. The van der Waals surface area contributed by atoms with E-state index in [0.29, 0.717) is 11.7 Å². The third kappa shape index (κ3) is 1.43. The average Bonchev–Trinajstić information content (AvgIpc) is 2.83. The van der Waals surface area contributed by atoms with Crippen molar-refractivity contribution in [1.82, 2.24) is 4.98 Å². The Morgan fingerprint density at radius 3 is 2.83 bits per heavy atom. The van der Waals surface area contributed by atoms with Crippen LogP contribution in [0.3, 0.4) is 0 Å². The van der Waals surface area contributed by atoms with Crippen LogP contribution < -0.4 is 5.32 Å². The number of aromatic nitrogens is 1. The second-order valence-corrected chi connectivity index (χ2v) is 6.55. The standard InChI is InChI=1S/C13H16N2O2S/c1-17-12(16)8-5-18-13(14-8)15-11-9-6-2-3-7(4-6)10(9)11/h5-7,9-11H,2-4H2,1H3,(H,14,15). The van der Waals surface area contributed by atoms with E-state index in [-0.39, 0.29) is 5.97 Å². The highest BCUT2D eigenvalue weighted by Crippen LogP contribution is 2.66. The zero-order valence-corrected chi connectivity index (χ0v) is 11.1. The molecule has 0 radical (unpaired) electrons. The fourth-order valence-electron chi connectivity index (χ4n) is 4.20. The van der Waals surface area contributed by atoms with Crippen LogP contribution in [0.15, 0.2) is 5.38 Å². The topological polar surface area (TPSA) is 51.2 Å². The lowest BCUT2D eigenvalue weighted by Gasteiger charge is -2.08. The Morgan fingerprint density at radius 2 is 2.17 bits per heavy atom. The van der Waals surface area contributed by atoms with Crippen molar-refractivity contribution in [1.29, 1.82) is 0 Å². The average molecular weight is 264 g/mol. The number of hydrogen-bond donors (Lipinski definition) is 1. The summed E-state index contributed by atoms with van der Waals surface area (Å²) in [7, 11) is 1.39. The predicted molar refractivity (Wildman–Crippen MR) is 68.7 cm³/mol. The van der Waals surface area contributed by atoms with Crippen LogP contribution in [-0.2, 0) is 4.74 Å². The van der Waals surface area contributed by atoms with Gasteiger partial charge in [-0.3, -0.25) is 0 Å². The van der Waals surface area contributed by atoms with Gasteiger partial charge in [-0.15, -0.1) is 11.3 Å². The molecule has 0 aliphatic heterocycles. The quantitative estimate of drug-likeness (QED) is 0.852. The maximum absolute atomic E-state index is 11.3. The van der Waals surface area contributed by atoms with Crippen molar-refractivity contribution in [3.8, 4) is 0 Å². The van der Waals surface area contributed by atoms with E-state index < -0.39 is 0 Å². The molecule has 96 valence electrons. The first kappa shape index (κ1) is 10.8. The number of rotatable bonds is 3. The first-order valence-electron chi connectivity index (χ1n) is 6.58. The van der Waals surface area contributed by atoms with Crippen molar-refractivity contribution in [2.75, 3.05) is 12.4 Å². The summed E-state index contributed by atoms with van der Waals surface area (Å²) in [6, 6.07) is 0.618. The van der Waals surface area contributed by atoms with Crippen LogP contribution in [0, 0.1) is 23.7 Å². The molecule has 1 N–H and O–H groups in total. The Kier molecular flexibility index (Phi) is 2.22. The van der Waals surface area contributed by atoms with E-state index in [1.54, 1.807) is 5.38 Å². The highest BCUT2D eigenvalue weighted by Gasteiger charge is 2.65. The minimum atomic E-state index is -0.352. The summed E-state index contributed by atoms with van der Waals surface area (Å²) in [5.41, 5.74) is 0.416. The summed E-state index contributed by atoms with van der Waals surface area (Å²) in [6.07, 6.45) is 4.31. The van der Waals surface area contributed by atoms with E-state index in [4.69, 9.17) is 0 Å². The number of methoxy groups -OCH3 is 1. The molecular weight excluding hydrogens is 248 g/mol. The van der Waals surface area contributed by atoms with Gasteiger partial charge in [-0.2, -0.15) is 0 Å². The molecule has 1 heterocycles. The van der Waals surface area contributed by atoms with Crippen molar-refractivity contribution >= 4 is 22.4 Å². The molecule has 4 unspecified atom stereocenters. The molecule has 1 aromatic heterocycles. The van der Waals surface area contributed by atoms with Gasteiger partial charge in [0.25, 0.3) is 0 Å². The minimum Gasteiger partial charge on any atom is -0.464 e. The highest BCUT2D eigenvalue weighted by atomic mass is 32.1. The summed E-state index contributed by atoms with van der Waals surface area (Å²) in [5.74, 6) is 3.33. The molecule has 0 aromatic carbocycles. The van der Waals surface area contributed by atoms with E-state index in [1.165, 1.54) is 37.7 Å². The molecule has 0 saturated heterocycles. The first-order chi connectivity index (χ1) is 8.78. The lowest BCUT2D eigenvalue weighted by Crippen LogP contribution is -2.12. The molecule has 2 bridgehead atoms. The van der Waals surface area contributed by atoms with Crippen molar-refractivity contribution < 1.29 is 9.53 Å². The molecule has 5 heteroatoms. The van der Waals surface area contributed by atoms with Crippen molar-refractivity contribution in [2.45, 2.75) is 25.3 Å². The van der Waals surface area contributed by atoms with Gasteiger partial charge >= 0.3 is 5.97 Å². The van der Waals surface area contributed by atoms with Gasteiger partial charge in [0, 0.05) is 11.4 Å². The number of nitrogens with zero attached hydrogens (tertiary/aromatic N) is 1. The van der Waals surface area contributed by atoms with Gasteiger partial charge in [-0.25, -0.2) is 9.78 Å². The number of anilines is 1. The lowest BCUT2D eigenvalue weighted by atomic mass is 10.0. The number of nitrogens with one attached hydrogen (secondary N) is 1. The molecule has 3 aliphatic carbocycles.